The van der Waals surface area contributed by atoms with E-state index < -0.39 is 0 Å². The van der Waals surface area contributed by atoms with Crippen molar-refractivity contribution < 1.29 is 14.3 Å². The van der Waals surface area contributed by atoms with Gasteiger partial charge in [0.05, 0.1) is 24.2 Å². The molecule has 35 heavy (non-hydrogen) atoms. The summed E-state index contributed by atoms with van der Waals surface area (Å²) in [6.45, 7) is 13.9. The number of fused-ring (bicyclic) bond motifs is 2. The van der Waals surface area contributed by atoms with Gasteiger partial charge < -0.3 is 9.64 Å². The van der Waals surface area contributed by atoms with Crippen molar-refractivity contribution in [1.82, 2.24) is 14.5 Å². The number of nitrogens with zero attached hydrogens (tertiary/aromatic N) is 4. The average molecular weight is 495 g/mol. The van der Waals surface area contributed by atoms with Crippen molar-refractivity contribution in [2.45, 2.75) is 40.8 Å². The number of anilines is 1. The maximum atomic E-state index is 13.6. The van der Waals surface area contributed by atoms with E-state index in [1.165, 1.54) is 15.9 Å². The van der Waals surface area contributed by atoms with E-state index in [2.05, 4.69) is 25.3 Å². The summed E-state index contributed by atoms with van der Waals surface area (Å²) in [7, 11) is 0. The predicted octanol–water partition coefficient (Wildman–Crippen LogP) is 3.71. The number of aromatic nitrogens is 2. The van der Waals surface area contributed by atoms with Gasteiger partial charge in [-0.2, -0.15) is 0 Å². The first-order valence-corrected chi connectivity index (χ1v) is 12.5. The lowest BCUT2D eigenvalue weighted by atomic mass is 10.1. The second-order valence-corrected chi connectivity index (χ2v) is 9.73. The number of thiophene rings is 1. The van der Waals surface area contributed by atoms with Crippen LogP contribution in [0, 0.1) is 13.8 Å². The molecule has 3 aromatic rings. The molecule has 2 aromatic heterocycles. The fourth-order valence-electron chi connectivity index (χ4n) is 4.24. The second-order valence-electron chi connectivity index (χ2n) is 8.53. The Hall–Kier alpha value is -3.30. The zero-order valence-corrected chi connectivity index (χ0v) is 21.4. The van der Waals surface area contributed by atoms with Crippen LogP contribution in [0.5, 0.6) is 5.75 Å². The molecule has 0 fully saturated rings. The molecule has 1 amide bonds. The third kappa shape index (κ3) is 4.66. The Morgan fingerprint density at radius 3 is 2.69 bits per heavy atom. The van der Waals surface area contributed by atoms with Gasteiger partial charge in [0.1, 0.15) is 16.4 Å². The number of hydrogen-bond donors (Lipinski definition) is 0. The first kappa shape index (κ1) is 24.8. The number of benzene rings is 1. The van der Waals surface area contributed by atoms with E-state index in [-0.39, 0.29) is 30.4 Å². The van der Waals surface area contributed by atoms with Gasteiger partial charge in [-0.3, -0.25) is 23.9 Å². The fraction of sp³-hybridized carbons (Fsp3) is 0.385. The number of amides is 1. The SMILES string of the molecule is C=CCN1C(=O)COc2ccc(C(=O)Cn3c(CN(CC)CC)nc4sc(C)c(C)c4c3=O)cc21. The highest BCUT2D eigenvalue weighted by molar-refractivity contribution is 7.18. The van der Waals surface area contributed by atoms with Crippen molar-refractivity contribution in [3.63, 3.8) is 0 Å². The largest absolute Gasteiger partial charge is 0.482 e. The molecule has 0 saturated carbocycles. The summed E-state index contributed by atoms with van der Waals surface area (Å²) in [5, 5.41) is 0.574. The van der Waals surface area contributed by atoms with Crippen LogP contribution in [-0.2, 0) is 17.9 Å². The summed E-state index contributed by atoms with van der Waals surface area (Å²) in [5.74, 6) is 0.677. The highest BCUT2D eigenvalue weighted by Crippen LogP contribution is 2.33. The van der Waals surface area contributed by atoms with Crippen LogP contribution >= 0.6 is 11.3 Å². The van der Waals surface area contributed by atoms with E-state index in [4.69, 9.17) is 9.72 Å². The summed E-state index contributed by atoms with van der Waals surface area (Å²) in [6, 6.07) is 5.02. The van der Waals surface area contributed by atoms with Crippen molar-refractivity contribution in [1.29, 1.82) is 0 Å². The molecule has 9 heteroatoms. The third-order valence-electron chi connectivity index (χ3n) is 6.46. The molecular weight excluding hydrogens is 464 g/mol. The number of Topliss-reactive ketones (excluding diaryl/α,β-unsaturated/α-hetero) is 1. The normalized spacial score (nSPS) is 13.3. The number of ketones is 1. The topological polar surface area (TPSA) is 84.7 Å². The van der Waals surface area contributed by atoms with Gasteiger partial charge in [0.15, 0.2) is 12.4 Å². The molecule has 0 atom stereocenters. The Morgan fingerprint density at radius 2 is 2.00 bits per heavy atom. The average Bonchev–Trinajstić information content (AvgIpc) is 3.14. The van der Waals surface area contributed by atoms with Gasteiger partial charge in [-0.05, 0) is 50.7 Å². The maximum absolute atomic E-state index is 13.6. The molecule has 8 nitrogen and oxygen atoms in total. The van der Waals surface area contributed by atoms with Gasteiger partial charge in [-0.15, -0.1) is 17.9 Å². The third-order valence-corrected chi connectivity index (χ3v) is 7.57. The predicted molar refractivity (Wildman–Crippen MR) is 139 cm³/mol. The van der Waals surface area contributed by atoms with Gasteiger partial charge in [0.2, 0.25) is 0 Å². The highest BCUT2D eigenvalue weighted by Gasteiger charge is 2.26. The lowest BCUT2D eigenvalue weighted by Gasteiger charge is -2.28. The van der Waals surface area contributed by atoms with Gasteiger partial charge in [-0.1, -0.05) is 19.9 Å². The number of carbonyl (C=O) groups is 2. The van der Waals surface area contributed by atoms with Crippen molar-refractivity contribution in [3.05, 3.63) is 63.0 Å². The van der Waals surface area contributed by atoms with Crippen molar-refractivity contribution in [2.75, 3.05) is 31.1 Å². The Kier molecular flexibility index (Phi) is 7.18. The Morgan fingerprint density at radius 1 is 1.26 bits per heavy atom. The molecule has 184 valence electrons. The Bertz CT molecular complexity index is 1370. The molecule has 0 radical (unpaired) electrons. The lowest BCUT2D eigenvalue weighted by molar-refractivity contribution is -0.121. The molecular formula is C26H30N4O4S. The molecule has 0 unspecified atom stereocenters. The lowest BCUT2D eigenvalue weighted by Crippen LogP contribution is -2.39. The monoisotopic (exact) mass is 494 g/mol. The van der Waals surface area contributed by atoms with Gasteiger partial charge in [-0.25, -0.2) is 4.98 Å². The van der Waals surface area contributed by atoms with Crippen LogP contribution in [0.15, 0.2) is 35.6 Å². The molecule has 0 N–H and O–H groups in total. The molecule has 4 rings (SSSR count). The van der Waals surface area contributed by atoms with E-state index in [1.807, 2.05) is 13.8 Å². The fourth-order valence-corrected chi connectivity index (χ4v) is 5.28. The molecule has 1 aliphatic heterocycles. The second kappa shape index (κ2) is 10.1. The standard InChI is InChI=1S/C26H30N4O4S/c1-6-11-29-19-12-18(9-10-21(19)34-15-23(29)32)20(31)13-30-22(14-28(7-2)8-3)27-25-24(26(30)33)16(4)17(5)35-25/h6,9-10,12H,1,7-8,11,13-15H2,2-5H3. The van der Waals surface area contributed by atoms with E-state index in [0.29, 0.717) is 46.1 Å². The molecule has 0 bridgehead atoms. The molecule has 1 aromatic carbocycles. The van der Waals surface area contributed by atoms with E-state index in [0.717, 1.165) is 23.5 Å². The zero-order valence-electron chi connectivity index (χ0n) is 20.6. The first-order valence-electron chi connectivity index (χ1n) is 11.7. The minimum absolute atomic E-state index is 0.0522. The van der Waals surface area contributed by atoms with Gasteiger partial charge in [0.25, 0.3) is 11.5 Å². The van der Waals surface area contributed by atoms with Crippen LogP contribution in [0.2, 0.25) is 0 Å². The molecule has 0 saturated heterocycles. The summed E-state index contributed by atoms with van der Waals surface area (Å²) in [4.78, 5) is 49.7. The van der Waals surface area contributed by atoms with Crippen molar-refractivity contribution >= 4 is 38.9 Å². The maximum Gasteiger partial charge on any atom is 0.265 e. The van der Waals surface area contributed by atoms with Crippen LogP contribution in [0.4, 0.5) is 5.69 Å². The van der Waals surface area contributed by atoms with Crippen LogP contribution in [0.3, 0.4) is 0 Å². The molecule has 0 spiro atoms. The van der Waals surface area contributed by atoms with Crippen LogP contribution in [0.1, 0.15) is 40.5 Å². The Balaban J connectivity index is 1.76. The van der Waals surface area contributed by atoms with Gasteiger partial charge in [0, 0.05) is 17.0 Å². The molecule has 0 aliphatic carbocycles. The van der Waals surface area contributed by atoms with Crippen LogP contribution in [0.25, 0.3) is 10.2 Å². The summed E-state index contributed by atoms with van der Waals surface area (Å²) >= 11 is 1.51. The zero-order chi connectivity index (χ0) is 25.3. The quantitative estimate of drug-likeness (QED) is 0.333. The molecule has 1 aliphatic rings. The van der Waals surface area contributed by atoms with Crippen molar-refractivity contribution in [2.24, 2.45) is 0 Å². The summed E-state index contributed by atoms with van der Waals surface area (Å²) in [6.07, 6.45) is 1.63. The summed E-state index contributed by atoms with van der Waals surface area (Å²) < 4.78 is 7.03. The number of aryl methyl sites for hydroxylation is 2. The number of rotatable bonds is 9. The number of carbonyl (C=O) groups excluding carboxylic acids is 2. The van der Waals surface area contributed by atoms with Crippen LogP contribution < -0.4 is 15.2 Å². The van der Waals surface area contributed by atoms with Crippen molar-refractivity contribution in [3.8, 4) is 5.75 Å². The van der Waals surface area contributed by atoms with E-state index in [9.17, 15) is 14.4 Å². The van der Waals surface area contributed by atoms with E-state index >= 15 is 0 Å². The molecule has 3 heterocycles. The van der Waals surface area contributed by atoms with Gasteiger partial charge >= 0.3 is 0 Å². The highest BCUT2D eigenvalue weighted by atomic mass is 32.1. The smallest absolute Gasteiger partial charge is 0.265 e. The first-order chi connectivity index (χ1) is 16.8. The Labute approximate surface area is 208 Å². The number of ether oxygens (including phenoxy) is 1. The van der Waals surface area contributed by atoms with Crippen LogP contribution in [-0.4, -0.2) is 52.4 Å². The van der Waals surface area contributed by atoms with E-state index in [1.54, 1.807) is 29.2 Å². The summed E-state index contributed by atoms with van der Waals surface area (Å²) in [5.41, 5.74) is 1.63. The minimum Gasteiger partial charge on any atom is -0.482 e. The number of hydrogen-bond acceptors (Lipinski definition) is 7. The minimum atomic E-state index is -0.238.